The molecule has 3 nitrogen and oxygen atoms in total. The van der Waals surface area contributed by atoms with Crippen LogP contribution in [0.4, 0.5) is 0 Å². The summed E-state index contributed by atoms with van der Waals surface area (Å²) in [5, 5.41) is 12.1. The van der Waals surface area contributed by atoms with Crippen molar-refractivity contribution in [1.82, 2.24) is 5.32 Å². The average Bonchev–Trinajstić information content (AvgIpc) is 2.43. The van der Waals surface area contributed by atoms with Crippen molar-refractivity contribution in [2.75, 3.05) is 12.3 Å². The van der Waals surface area contributed by atoms with E-state index in [1.54, 1.807) is 0 Å². The molecule has 0 saturated carbocycles. The Kier molecular flexibility index (Phi) is 15.0. The van der Waals surface area contributed by atoms with Gasteiger partial charge in [0.1, 0.15) is 6.04 Å². The molecule has 0 aromatic rings. The number of carboxylic acid groups (broad SMARTS) is 1. The van der Waals surface area contributed by atoms with E-state index in [-0.39, 0.29) is 0 Å². The Morgan fingerprint density at radius 1 is 1.00 bits per heavy atom. The molecular weight excluding hydrogens is 270 g/mol. The van der Waals surface area contributed by atoms with E-state index in [9.17, 15) is 4.79 Å². The number of unbranched alkanes of at least 4 members (excludes halogenated alkanes) is 9. The fourth-order valence-electron chi connectivity index (χ4n) is 2.33. The fourth-order valence-corrected chi connectivity index (χ4v) is 2.59. The number of hydrogen-bond acceptors (Lipinski definition) is 3. The van der Waals surface area contributed by atoms with Gasteiger partial charge in [-0.2, -0.15) is 12.6 Å². The first kappa shape index (κ1) is 19.8. The van der Waals surface area contributed by atoms with Crippen molar-refractivity contribution in [1.29, 1.82) is 0 Å². The Bertz CT molecular complexity index is 225. The Hall–Kier alpha value is -0.220. The minimum Gasteiger partial charge on any atom is -0.480 e. The number of nitrogens with one attached hydrogen (secondary N) is 1. The maximum absolute atomic E-state index is 10.9. The Morgan fingerprint density at radius 2 is 1.50 bits per heavy atom. The molecule has 0 rings (SSSR count). The van der Waals surface area contributed by atoms with Crippen LogP contribution >= 0.6 is 12.6 Å². The van der Waals surface area contributed by atoms with E-state index in [0.717, 1.165) is 13.0 Å². The molecule has 0 aliphatic rings. The van der Waals surface area contributed by atoms with Gasteiger partial charge in [-0.05, 0) is 25.1 Å². The van der Waals surface area contributed by atoms with Crippen LogP contribution in [-0.2, 0) is 4.79 Å². The molecule has 0 aliphatic carbocycles. The van der Waals surface area contributed by atoms with Gasteiger partial charge in [0, 0.05) is 0 Å². The third kappa shape index (κ3) is 12.8. The molecule has 0 aliphatic heterocycles. The fraction of sp³-hybridized carbons (Fsp3) is 0.938. The van der Waals surface area contributed by atoms with Crippen LogP contribution in [0.5, 0.6) is 0 Å². The van der Waals surface area contributed by atoms with E-state index < -0.39 is 12.0 Å². The van der Waals surface area contributed by atoms with Gasteiger partial charge in [-0.25, -0.2) is 0 Å². The van der Waals surface area contributed by atoms with Crippen LogP contribution in [0.25, 0.3) is 0 Å². The highest BCUT2D eigenvalue weighted by atomic mass is 32.1. The van der Waals surface area contributed by atoms with Gasteiger partial charge in [0.05, 0.1) is 0 Å². The van der Waals surface area contributed by atoms with E-state index in [2.05, 4.69) is 24.9 Å². The molecule has 2 N–H and O–H groups in total. The van der Waals surface area contributed by atoms with Crippen molar-refractivity contribution in [3.8, 4) is 0 Å². The number of rotatable bonds is 15. The lowest BCUT2D eigenvalue weighted by atomic mass is 10.1. The molecule has 120 valence electrons. The highest BCUT2D eigenvalue weighted by Gasteiger charge is 2.14. The molecule has 1 unspecified atom stereocenters. The predicted molar refractivity (Wildman–Crippen MR) is 89.7 cm³/mol. The number of thiol groups is 1. The second-order valence-electron chi connectivity index (χ2n) is 5.54. The zero-order valence-electron chi connectivity index (χ0n) is 13.1. The topological polar surface area (TPSA) is 49.3 Å². The third-order valence-corrected chi connectivity index (χ3v) is 3.90. The highest BCUT2D eigenvalue weighted by molar-refractivity contribution is 7.80. The molecule has 0 fully saturated rings. The highest BCUT2D eigenvalue weighted by Crippen LogP contribution is 2.10. The van der Waals surface area contributed by atoms with Crippen molar-refractivity contribution >= 4 is 18.6 Å². The minimum atomic E-state index is -0.758. The largest absolute Gasteiger partial charge is 0.480 e. The summed E-state index contributed by atoms with van der Waals surface area (Å²) in [6.45, 7) is 3.06. The van der Waals surface area contributed by atoms with E-state index in [0.29, 0.717) is 12.2 Å². The maximum atomic E-state index is 10.9. The van der Waals surface area contributed by atoms with E-state index in [1.807, 2.05) is 0 Å². The quantitative estimate of drug-likeness (QED) is 0.313. The first-order chi connectivity index (χ1) is 9.72. The lowest BCUT2D eigenvalue weighted by Crippen LogP contribution is -2.37. The lowest BCUT2D eigenvalue weighted by molar-refractivity contribution is -0.139. The average molecular weight is 304 g/mol. The molecule has 0 bridgehead atoms. The molecule has 0 heterocycles. The van der Waals surface area contributed by atoms with E-state index >= 15 is 0 Å². The van der Waals surface area contributed by atoms with Crippen LogP contribution in [0.15, 0.2) is 0 Å². The van der Waals surface area contributed by atoms with Crippen molar-refractivity contribution in [2.24, 2.45) is 0 Å². The molecule has 20 heavy (non-hydrogen) atoms. The number of carboxylic acids is 1. The summed E-state index contributed by atoms with van der Waals surface area (Å²) in [6, 6.07) is -0.425. The van der Waals surface area contributed by atoms with Gasteiger partial charge in [0.25, 0.3) is 0 Å². The smallest absolute Gasteiger partial charge is 0.320 e. The van der Waals surface area contributed by atoms with Gasteiger partial charge in [-0.15, -0.1) is 0 Å². The second kappa shape index (κ2) is 15.2. The first-order valence-corrected chi connectivity index (χ1v) is 8.92. The molecule has 0 aromatic carbocycles. The predicted octanol–water partition coefficient (Wildman–Crippen LogP) is 4.27. The van der Waals surface area contributed by atoms with Crippen molar-refractivity contribution in [3.05, 3.63) is 0 Å². The molecular formula is C16H33NO2S. The van der Waals surface area contributed by atoms with Crippen LogP contribution in [0.2, 0.25) is 0 Å². The van der Waals surface area contributed by atoms with Gasteiger partial charge in [0.2, 0.25) is 0 Å². The minimum absolute atomic E-state index is 0.425. The first-order valence-electron chi connectivity index (χ1n) is 8.29. The van der Waals surface area contributed by atoms with Crippen molar-refractivity contribution < 1.29 is 9.90 Å². The van der Waals surface area contributed by atoms with Gasteiger partial charge in [-0.1, -0.05) is 64.7 Å². The number of hydrogen-bond donors (Lipinski definition) is 3. The summed E-state index contributed by atoms with van der Waals surface area (Å²) >= 11 is 4.08. The van der Waals surface area contributed by atoms with Crippen LogP contribution in [0.3, 0.4) is 0 Å². The Balaban J connectivity index is 3.25. The van der Waals surface area contributed by atoms with E-state index in [1.165, 1.54) is 57.8 Å². The summed E-state index contributed by atoms with van der Waals surface area (Å²) in [7, 11) is 0. The lowest BCUT2D eigenvalue weighted by Gasteiger charge is -2.12. The van der Waals surface area contributed by atoms with Gasteiger partial charge >= 0.3 is 5.97 Å². The summed E-state index contributed by atoms with van der Waals surface area (Å²) in [5.74, 6) is -0.145. The molecule has 0 spiro atoms. The van der Waals surface area contributed by atoms with Gasteiger partial charge in [-0.3, -0.25) is 4.79 Å². The zero-order valence-corrected chi connectivity index (χ0v) is 14.0. The number of carbonyl (C=O) groups is 1. The molecule has 0 aromatic heterocycles. The Labute approximate surface area is 130 Å². The van der Waals surface area contributed by atoms with Crippen molar-refractivity contribution in [3.63, 3.8) is 0 Å². The van der Waals surface area contributed by atoms with Gasteiger partial charge < -0.3 is 10.4 Å². The second-order valence-corrected chi connectivity index (χ2v) is 5.99. The molecule has 0 radical (unpaired) electrons. The van der Waals surface area contributed by atoms with Crippen LogP contribution in [0.1, 0.15) is 77.6 Å². The van der Waals surface area contributed by atoms with Gasteiger partial charge in [0.15, 0.2) is 0 Å². The standard InChI is InChI=1S/C16H33NO2S/c1-2-3-4-5-6-7-8-9-10-11-13-17-15(12-14-20)16(18)19/h15,17,20H,2-14H2,1H3,(H,18,19). The molecule has 0 saturated heterocycles. The summed E-state index contributed by atoms with van der Waals surface area (Å²) < 4.78 is 0. The third-order valence-electron chi connectivity index (χ3n) is 3.64. The van der Waals surface area contributed by atoms with Crippen LogP contribution < -0.4 is 5.32 Å². The molecule has 0 amide bonds. The SMILES string of the molecule is CCCCCCCCCCCCNC(CCS)C(=O)O. The Morgan fingerprint density at radius 3 is 1.95 bits per heavy atom. The van der Waals surface area contributed by atoms with Crippen LogP contribution in [0, 0.1) is 0 Å². The van der Waals surface area contributed by atoms with Crippen molar-refractivity contribution in [2.45, 2.75) is 83.6 Å². The number of aliphatic carboxylic acids is 1. The molecule has 4 heteroatoms. The normalized spacial score (nSPS) is 12.5. The summed E-state index contributed by atoms with van der Waals surface area (Å²) in [6.07, 6.45) is 13.7. The zero-order chi connectivity index (χ0) is 15.1. The molecule has 1 atom stereocenters. The maximum Gasteiger partial charge on any atom is 0.320 e. The van der Waals surface area contributed by atoms with Crippen LogP contribution in [-0.4, -0.2) is 29.4 Å². The monoisotopic (exact) mass is 303 g/mol. The summed E-state index contributed by atoms with van der Waals surface area (Å²) in [5.41, 5.74) is 0. The summed E-state index contributed by atoms with van der Waals surface area (Å²) in [4.78, 5) is 10.9. The van der Waals surface area contributed by atoms with E-state index in [4.69, 9.17) is 5.11 Å².